The van der Waals surface area contributed by atoms with Gasteiger partial charge in [-0.2, -0.15) is 0 Å². The number of nitrogens with zero attached hydrogens (tertiary/aromatic N) is 1. The fraction of sp³-hybridized carbons (Fsp3) is 0.562. The maximum Gasteiger partial charge on any atom is 0.162 e. The van der Waals surface area contributed by atoms with E-state index < -0.39 is 0 Å². The van der Waals surface area contributed by atoms with Crippen molar-refractivity contribution in [1.82, 2.24) is 0 Å². The first-order valence-electron chi connectivity index (χ1n) is 7.27. The summed E-state index contributed by atoms with van der Waals surface area (Å²) in [4.78, 5) is 14.0. The Balaban J connectivity index is 2.06. The average Bonchev–Trinajstić information content (AvgIpc) is 2.92. The number of hydrogen-bond acceptors (Lipinski definition) is 3. The summed E-state index contributed by atoms with van der Waals surface area (Å²) in [5.74, 6) is 0.199. The molecule has 1 aromatic carbocycles. The zero-order valence-electron chi connectivity index (χ0n) is 11.6. The summed E-state index contributed by atoms with van der Waals surface area (Å²) in [5.41, 5.74) is 2.01. The molecule has 2 rings (SSSR count). The summed E-state index contributed by atoms with van der Waals surface area (Å²) in [5, 5.41) is 8.95. The first-order valence-corrected chi connectivity index (χ1v) is 7.27. The Morgan fingerprint density at radius 3 is 2.74 bits per heavy atom. The third-order valence-electron chi connectivity index (χ3n) is 3.91. The lowest BCUT2D eigenvalue weighted by Crippen LogP contribution is -2.29. The van der Waals surface area contributed by atoms with Crippen LogP contribution < -0.4 is 4.90 Å². The summed E-state index contributed by atoms with van der Waals surface area (Å²) in [7, 11) is 0. The van der Waals surface area contributed by atoms with Gasteiger partial charge in [-0.3, -0.25) is 4.79 Å². The van der Waals surface area contributed by atoms with Crippen molar-refractivity contribution in [2.45, 2.75) is 45.1 Å². The van der Waals surface area contributed by atoms with Crippen molar-refractivity contribution in [1.29, 1.82) is 0 Å². The van der Waals surface area contributed by atoms with Crippen molar-refractivity contribution in [3.63, 3.8) is 0 Å². The van der Waals surface area contributed by atoms with E-state index in [4.69, 9.17) is 5.11 Å². The molecule has 3 nitrogen and oxygen atoms in total. The second kappa shape index (κ2) is 6.71. The topological polar surface area (TPSA) is 40.5 Å². The van der Waals surface area contributed by atoms with Crippen molar-refractivity contribution < 1.29 is 9.90 Å². The van der Waals surface area contributed by atoms with E-state index in [0.29, 0.717) is 12.5 Å². The van der Waals surface area contributed by atoms with Crippen LogP contribution in [0.15, 0.2) is 24.3 Å². The van der Waals surface area contributed by atoms with E-state index in [1.165, 1.54) is 18.5 Å². The fourth-order valence-electron chi connectivity index (χ4n) is 2.85. The Morgan fingerprint density at radius 2 is 2.11 bits per heavy atom. The molecule has 1 aliphatic heterocycles. The molecule has 1 atom stereocenters. The average molecular weight is 261 g/mol. The molecule has 0 spiro atoms. The van der Waals surface area contributed by atoms with E-state index >= 15 is 0 Å². The van der Waals surface area contributed by atoms with E-state index in [-0.39, 0.29) is 12.4 Å². The molecule has 0 saturated carbocycles. The third kappa shape index (κ3) is 3.35. The largest absolute Gasteiger partial charge is 0.396 e. The maximum atomic E-state index is 11.6. The van der Waals surface area contributed by atoms with Gasteiger partial charge >= 0.3 is 0 Å². The summed E-state index contributed by atoms with van der Waals surface area (Å²) < 4.78 is 0. The molecule has 0 amide bonds. The quantitative estimate of drug-likeness (QED) is 0.800. The summed E-state index contributed by atoms with van der Waals surface area (Å²) in [6, 6.07) is 8.52. The molecule has 1 heterocycles. The first-order chi connectivity index (χ1) is 9.26. The van der Waals surface area contributed by atoms with Crippen molar-refractivity contribution >= 4 is 11.5 Å². The lowest BCUT2D eigenvalue weighted by atomic mass is 10.1. The molecule has 0 radical (unpaired) electrons. The number of aliphatic hydroxyl groups excluding tert-OH is 1. The van der Waals surface area contributed by atoms with Gasteiger partial charge in [0.1, 0.15) is 0 Å². The van der Waals surface area contributed by atoms with Crippen molar-refractivity contribution in [2.24, 2.45) is 0 Å². The molecule has 1 unspecified atom stereocenters. The normalized spacial score (nSPS) is 18.8. The van der Waals surface area contributed by atoms with Gasteiger partial charge in [-0.15, -0.1) is 0 Å². The van der Waals surface area contributed by atoms with Crippen LogP contribution in [0.3, 0.4) is 0 Å². The molecule has 1 N–H and O–H groups in total. The molecule has 0 bridgehead atoms. The van der Waals surface area contributed by atoms with Crippen molar-refractivity contribution in [2.75, 3.05) is 18.1 Å². The number of aliphatic hydroxyl groups is 1. The summed E-state index contributed by atoms with van der Waals surface area (Å²) >= 11 is 0. The van der Waals surface area contributed by atoms with Crippen LogP contribution >= 0.6 is 0 Å². The number of carbonyl (C=O) groups excluding carboxylic acids is 1. The van der Waals surface area contributed by atoms with Crippen LogP contribution in [0.4, 0.5) is 5.69 Å². The van der Waals surface area contributed by atoms with Gasteiger partial charge in [-0.1, -0.05) is 6.92 Å². The lowest BCUT2D eigenvalue weighted by molar-refractivity contribution is 0.0988. The molecule has 1 aromatic rings. The lowest BCUT2D eigenvalue weighted by Gasteiger charge is -2.27. The zero-order valence-corrected chi connectivity index (χ0v) is 11.6. The number of carbonyl (C=O) groups is 1. The van der Waals surface area contributed by atoms with Crippen LogP contribution in [0, 0.1) is 0 Å². The van der Waals surface area contributed by atoms with Gasteiger partial charge in [0.15, 0.2) is 5.78 Å². The highest BCUT2D eigenvalue weighted by Crippen LogP contribution is 2.28. The molecular formula is C16H23NO2. The molecule has 1 aliphatic rings. The monoisotopic (exact) mass is 261 g/mol. The second-order valence-corrected chi connectivity index (χ2v) is 5.18. The van der Waals surface area contributed by atoms with E-state index in [1.54, 1.807) is 0 Å². The summed E-state index contributed by atoms with van der Waals surface area (Å²) in [6.07, 6.45) is 4.89. The van der Waals surface area contributed by atoms with Crippen LogP contribution in [-0.2, 0) is 0 Å². The van der Waals surface area contributed by atoms with E-state index in [2.05, 4.69) is 17.0 Å². The molecule has 1 fully saturated rings. The number of rotatable bonds is 6. The van der Waals surface area contributed by atoms with Gasteiger partial charge < -0.3 is 10.0 Å². The van der Waals surface area contributed by atoms with Gasteiger partial charge in [0, 0.05) is 36.9 Å². The molecule has 104 valence electrons. The minimum atomic E-state index is 0.199. The highest BCUT2D eigenvalue weighted by Gasteiger charge is 2.24. The van der Waals surface area contributed by atoms with Gasteiger partial charge in [0.2, 0.25) is 0 Å². The minimum absolute atomic E-state index is 0.199. The summed E-state index contributed by atoms with van der Waals surface area (Å²) in [6.45, 7) is 3.24. The van der Waals surface area contributed by atoms with E-state index in [0.717, 1.165) is 24.9 Å². The smallest absolute Gasteiger partial charge is 0.162 e. The predicted molar refractivity (Wildman–Crippen MR) is 77.8 cm³/mol. The third-order valence-corrected chi connectivity index (χ3v) is 3.91. The molecule has 0 aliphatic carbocycles. The number of anilines is 1. The van der Waals surface area contributed by atoms with Gasteiger partial charge in [-0.25, -0.2) is 0 Å². The van der Waals surface area contributed by atoms with Gasteiger partial charge in [0.05, 0.1) is 0 Å². The van der Waals surface area contributed by atoms with Crippen LogP contribution in [0.25, 0.3) is 0 Å². The Hall–Kier alpha value is -1.35. The predicted octanol–water partition coefficient (Wildman–Crippen LogP) is 3.02. The Labute approximate surface area is 115 Å². The van der Waals surface area contributed by atoms with E-state index in [1.807, 2.05) is 19.1 Å². The SMILES string of the molecule is CCC(=O)c1ccc(N2CCCC2CCCO)cc1. The fourth-order valence-corrected chi connectivity index (χ4v) is 2.85. The van der Waals surface area contributed by atoms with Gasteiger partial charge in [0.25, 0.3) is 0 Å². The van der Waals surface area contributed by atoms with Crippen LogP contribution in [0.5, 0.6) is 0 Å². The minimum Gasteiger partial charge on any atom is -0.396 e. The van der Waals surface area contributed by atoms with Crippen LogP contribution in [-0.4, -0.2) is 30.1 Å². The molecule has 19 heavy (non-hydrogen) atoms. The molecule has 0 aromatic heterocycles. The first kappa shape index (κ1) is 14.1. The Morgan fingerprint density at radius 1 is 1.37 bits per heavy atom. The number of hydrogen-bond donors (Lipinski definition) is 1. The van der Waals surface area contributed by atoms with Gasteiger partial charge in [-0.05, 0) is 49.9 Å². The standard InChI is InChI=1S/C16H23NO2/c1-2-16(19)13-7-9-15(10-8-13)17-11-3-5-14(17)6-4-12-18/h7-10,14,18H,2-6,11-12H2,1H3. The molecule has 1 saturated heterocycles. The number of ketones is 1. The second-order valence-electron chi connectivity index (χ2n) is 5.18. The zero-order chi connectivity index (χ0) is 13.7. The van der Waals surface area contributed by atoms with Crippen LogP contribution in [0.2, 0.25) is 0 Å². The number of Topliss-reactive ketones (excluding diaryl/α,β-unsaturated/α-hetero) is 1. The maximum absolute atomic E-state index is 11.6. The highest BCUT2D eigenvalue weighted by molar-refractivity contribution is 5.96. The molecular weight excluding hydrogens is 238 g/mol. The van der Waals surface area contributed by atoms with Crippen molar-refractivity contribution in [3.05, 3.63) is 29.8 Å². The highest BCUT2D eigenvalue weighted by atomic mass is 16.2. The van der Waals surface area contributed by atoms with E-state index in [9.17, 15) is 4.79 Å². The van der Waals surface area contributed by atoms with Crippen LogP contribution in [0.1, 0.15) is 49.4 Å². The Kier molecular flexibility index (Phi) is 4.97. The molecule has 3 heteroatoms. The Bertz CT molecular complexity index is 413. The van der Waals surface area contributed by atoms with Crippen molar-refractivity contribution in [3.8, 4) is 0 Å². The number of benzene rings is 1.